The van der Waals surface area contributed by atoms with Gasteiger partial charge >= 0.3 is 0 Å². The van der Waals surface area contributed by atoms with E-state index < -0.39 is 0 Å². The fourth-order valence-electron chi connectivity index (χ4n) is 2.34. The van der Waals surface area contributed by atoms with Gasteiger partial charge in [-0.25, -0.2) is 0 Å². The minimum absolute atomic E-state index is 0.00267. The van der Waals surface area contributed by atoms with Gasteiger partial charge in [-0.3, -0.25) is 4.99 Å². The molecule has 0 heterocycles. The van der Waals surface area contributed by atoms with Gasteiger partial charge in [-0.15, -0.1) is 12.3 Å². The molecule has 0 aliphatic heterocycles. The molecule has 1 aliphatic rings. The van der Waals surface area contributed by atoms with Crippen LogP contribution in [0.3, 0.4) is 0 Å². The van der Waals surface area contributed by atoms with E-state index in [1.165, 1.54) is 6.07 Å². The van der Waals surface area contributed by atoms with E-state index in [1.807, 2.05) is 0 Å². The number of hydrogen-bond donors (Lipinski definition) is 1. The number of benzene rings is 1. The van der Waals surface area contributed by atoms with Crippen LogP contribution in [0.15, 0.2) is 17.1 Å². The molecule has 2 nitrogen and oxygen atoms in total. The Morgan fingerprint density at radius 1 is 1.32 bits per heavy atom. The molecule has 0 amide bonds. The summed E-state index contributed by atoms with van der Waals surface area (Å²) in [6.45, 7) is 0. The Morgan fingerprint density at radius 2 is 2.05 bits per heavy atom. The summed E-state index contributed by atoms with van der Waals surface area (Å²) in [6, 6.07) is 3.26. The van der Waals surface area contributed by atoms with Crippen molar-refractivity contribution in [1.29, 1.82) is 0 Å². The first-order valence-corrected chi connectivity index (χ1v) is 7.04. The third-order valence-electron chi connectivity index (χ3n) is 3.41. The van der Waals surface area contributed by atoms with Gasteiger partial charge in [0, 0.05) is 22.7 Å². The molecule has 0 radical (unpaired) electrons. The zero-order chi connectivity index (χ0) is 13.8. The average Bonchev–Trinajstić information content (AvgIpc) is 2.41. The van der Waals surface area contributed by atoms with Gasteiger partial charge in [0.1, 0.15) is 5.75 Å². The second-order valence-electron chi connectivity index (χ2n) is 4.73. The number of phenolic OH excluding ortho intramolecular Hbond substituents is 1. The third-order valence-corrected chi connectivity index (χ3v) is 3.91. The van der Waals surface area contributed by atoms with E-state index in [2.05, 4.69) is 10.9 Å². The van der Waals surface area contributed by atoms with Crippen LogP contribution in [-0.2, 0) is 0 Å². The Labute approximate surface area is 123 Å². The molecule has 1 saturated carbocycles. The van der Waals surface area contributed by atoms with Gasteiger partial charge in [-0.1, -0.05) is 36.0 Å². The van der Waals surface area contributed by atoms with E-state index in [0.29, 0.717) is 10.6 Å². The Kier molecular flexibility index (Phi) is 4.74. The number of rotatable bonds is 2. The van der Waals surface area contributed by atoms with E-state index in [0.717, 1.165) is 25.7 Å². The maximum absolute atomic E-state index is 9.85. The van der Waals surface area contributed by atoms with Crippen LogP contribution in [-0.4, -0.2) is 17.4 Å². The smallest absolute Gasteiger partial charge is 0.143 e. The Hall–Kier alpha value is -1.17. The molecule has 1 aromatic carbocycles. The van der Waals surface area contributed by atoms with E-state index in [-0.39, 0.29) is 22.7 Å². The zero-order valence-corrected chi connectivity index (χ0v) is 12.0. The fourth-order valence-corrected chi connectivity index (χ4v) is 2.85. The Morgan fingerprint density at radius 3 is 2.79 bits per heavy atom. The van der Waals surface area contributed by atoms with Crippen molar-refractivity contribution in [2.75, 3.05) is 0 Å². The SMILES string of the molecule is C#C[C@H]1CCCC[C@H]1N=Cc1cc(Cl)cc(Cl)c1O. The largest absolute Gasteiger partial charge is 0.506 e. The molecule has 0 saturated heterocycles. The molecule has 0 bridgehead atoms. The minimum atomic E-state index is 0.00267. The van der Waals surface area contributed by atoms with Gasteiger partial charge in [-0.05, 0) is 25.0 Å². The van der Waals surface area contributed by atoms with Crippen LogP contribution in [0, 0.1) is 18.3 Å². The summed E-state index contributed by atoms with van der Waals surface area (Å²) in [7, 11) is 0. The van der Waals surface area contributed by atoms with Gasteiger partial charge in [0.25, 0.3) is 0 Å². The number of terminal acetylenes is 1. The number of aliphatic imine (C=N–C) groups is 1. The van der Waals surface area contributed by atoms with Crippen molar-refractivity contribution in [3.8, 4) is 18.1 Å². The summed E-state index contributed by atoms with van der Waals surface area (Å²) in [5.41, 5.74) is 0.527. The summed E-state index contributed by atoms with van der Waals surface area (Å²) in [4.78, 5) is 4.50. The van der Waals surface area contributed by atoms with Crippen molar-refractivity contribution in [3.63, 3.8) is 0 Å². The lowest BCUT2D eigenvalue weighted by Crippen LogP contribution is -2.21. The molecule has 19 heavy (non-hydrogen) atoms. The van der Waals surface area contributed by atoms with Crippen LogP contribution >= 0.6 is 23.2 Å². The summed E-state index contributed by atoms with van der Waals surface area (Å²) in [5.74, 6) is 2.98. The Bertz CT molecular complexity index is 534. The van der Waals surface area contributed by atoms with E-state index >= 15 is 0 Å². The summed E-state index contributed by atoms with van der Waals surface area (Å²) in [6.07, 6.45) is 11.4. The van der Waals surface area contributed by atoms with Gasteiger partial charge < -0.3 is 5.11 Å². The van der Waals surface area contributed by atoms with Crippen LogP contribution in [0.5, 0.6) is 5.75 Å². The number of nitrogens with zero attached hydrogens (tertiary/aromatic N) is 1. The van der Waals surface area contributed by atoms with Crippen molar-refractivity contribution in [1.82, 2.24) is 0 Å². The first-order valence-electron chi connectivity index (χ1n) is 6.29. The molecular weight excluding hydrogens is 281 g/mol. The molecule has 100 valence electrons. The molecule has 0 unspecified atom stereocenters. The molecule has 0 aromatic heterocycles. The zero-order valence-electron chi connectivity index (χ0n) is 10.4. The highest BCUT2D eigenvalue weighted by Gasteiger charge is 2.22. The predicted molar refractivity (Wildman–Crippen MR) is 80.3 cm³/mol. The van der Waals surface area contributed by atoms with Crippen molar-refractivity contribution in [2.45, 2.75) is 31.7 Å². The van der Waals surface area contributed by atoms with Gasteiger partial charge in [0.15, 0.2) is 0 Å². The Balaban J connectivity index is 2.20. The average molecular weight is 296 g/mol. The molecule has 1 aromatic rings. The number of phenols is 1. The molecule has 4 heteroatoms. The monoisotopic (exact) mass is 295 g/mol. The lowest BCUT2D eigenvalue weighted by Gasteiger charge is -2.24. The molecule has 1 aliphatic carbocycles. The molecular formula is C15H15Cl2NO. The van der Waals surface area contributed by atoms with Crippen molar-refractivity contribution < 1.29 is 5.11 Å². The normalized spacial score (nSPS) is 23.4. The molecule has 2 rings (SSSR count). The second kappa shape index (κ2) is 6.32. The molecule has 2 atom stereocenters. The summed E-state index contributed by atoms with van der Waals surface area (Å²) >= 11 is 11.8. The lowest BCUT2D eigenvalue weighted by atomic mass is 9.85. The van der Waals surface area contributed by atoms with Crippen molar-refractivity contribution in [2.24, 2.45) is 10.9 Å². The predicted octanol–water partition coefficient (Wildman–Crippen LogP) is 4.31. The van der Waals surface area contributed by atoms with Gasteiger partial charge in [0.05, 0.1) is 11.1 Å². The van der Waals surface area contributed by atoms with Crippen molar-refractivity contribution in [3.05, 3.63) is 27.7 Å². The fraction of sp³-hybridized carbons (Fsp3) is 0.400. The highest BCUT2D eigenvalue weighted by Crippen LogP contribution is 2.31. The topological polar surface area (TPSA) is 32.6 Å². The number of hydrogen-bond acceptors (Lipinski definition) is 2. The highest BCUT2D eigenvalue weighted by molar-refractivity contribution is 6.36. The number of aromatic hydroxyl groups is 1. The first-order chi connectivity index (χ1) is 9.11. The van der Waals surface area contributed by atoms with Crippen LogP contribution in [0.1, 0.15) is 31.2 Å². The lowest BCUT2D eigenvalue weighted by molar-refractivity contribution is 0.375. The highest BCUT2D eigenvalue weighted by atomic mass is 35.5. The van der Waals surface area contributed by atoms with Crippen LogP contribution in [0.2, 0.25) is 10.0 Å². The summed E-state index contributed by atoms with van der Waals surface area (Å²) in [5, 5.41) is 10.6. The maximum Gasteiger partial charge on any atom is 0.143 e. The van der Waals surface area contributed by atoms with Gasteiger partial charge in [0.2, 0.25) is 0 Å². The molecule has 1 N–H and O–H groups in total. The van der Waals surface area contributed by atoms with Gasteiger partial charge in [-0.2, -0.15) is 0 Å². The first kappa shape index (κ1) is 14.2. The quantitative estimate of drug-likeness (QED) is 0.640. The molecule has 0 spiro atoms. The second-order valence-corrected chi connectivity index (χ2v) is 5.57. The van der Waals surface area contributed by atoms with E-state index in [1.54, 1.807) is 12.3 Å². The van der Waals surface area contributed by atoms with E-state index in [9.17, 15) is 5.11 Å². The van der Waals surface area contributed by atoms with E-state index in [4.69, 9.17) is 29.6 Å². The molecule has 1 fully saturated rings. The number of halogens is 2. The maximum atomic E-state index is 9.85. The van der Waals surface area contributed by atoms with Crippen LogP contribution in [0.25, 0.3) is 0 Å². The van der Waals surface area contributed by atoms with Crippen LogP contribution in [0.4, 0.5) is 0 Å². The summed E-state index contributed by atoms with van der Waals surface area (Å²) < 4.78 is 0. The third kappa shape index (κ3) is 3.43. The van der Waals surface area contributed by atoms with Crippen LogP contribution < -0.4 is 0 Å². The van der Waals surface area contributed by atoms with Crippen molar-refractivity contribution >= 4 is 29.4 Å². The standard InChI is InChI=1S/C15H15Cl2NO/c1-2-10-5-3-4-6-14(10)18-9-11-7-12(16)8-13(17)15(11)19/h1,7-10,14,19H,3-6H2/t10-,14+/m0/s1. The minimum Gasteiger partial charge on any atom is -0.506 e.